The standard InChI is InChI=1S/C17H30N2/c1-4-9-14(3)19-13-17(18-12-16(19)5-2)15-10-7-6-8-11-15/h1,14-18H,5-13H2,2-3H3. The number of terminal acetylenes is 1. The second kappa shape index (κ2) is 7.31. The number of nitrogens with one attached hydrogen (secondary N) is 1. The molecule has 19 heavy (non-hydrogen) atoms. The highest BCUT2D eigenvalue weighted by Crippen LogP contribution is 2.29. The number of piperazine rings is 1. The van der Waals surface area contributed by atoms with Gasteiger partial charge in [0.15, 0.2) is 0 Å². The summed E-state index contributed by atoms with van der Waals surface area (Å²) in [4.78, 5) is 2.68. The van der Waals surface area contributed by atoms with Crippen molar-refractivity contribution in [2.45, 2.75) is 76.9 Å². The van der Waals surface area contributed by atoms with Gasteiger partial charge < -0.3 is 5.32 Å². The van der Waals surface area contributed by atoms with E-state index in [2.05, 4.69) is 30.0 Å². The fourth-order valence-corrected chi connectivity index (χ4v) is 3.90. The monoisotopic (exact) mass is 262 g/mol. The van der Waals surface area contributed by atoms with E-state index in [1.54, 1.807) is 0 Å². The van der Waals surface area contributed by atoms with Crippen molar-refractivity contribution in [3.8, 4) is 12.3 Å². The quantitative estimate of drug-likeness (QED) is 0.784. The molecule has 1 heterocycles. The molecule has 2 nitrogen and oxygen atoms in total. The smallest absolute Gasteiger partial charge is 0.0240 e. The van der Waals surface area contributed by atoms with Crippen LogP contribution in [0.4, 0.5) is 0 Å². The van der Waals surface area contributed by atoms with Crippen LogP contribution < -0.4 is 5.32 Å². The van der Waals surface area contributed by atoms with Crippen molar-refractivity contribution < 1.29 is 0 Å². The molecule has 1 saturated heterocycles. The fraction of sp³-hybridized carbons (Fsp3) is 0.882. The first-order valence-corrected chi connectivity index (χ1v) is 8.18. The molecule has 2 rings (SSSR count). The topological polar surface area (TPSA) is 15.3 Å². The van der Waals surface area contributed by atoms with Gasteiger partial charge in [-0.15, -0.1) is 12.3 Å². The third-order valence-electron chi connectivity index (χ3n) is 5.16. The Labute approximate surface area is 119 Å². The number of hydrogen-bond donors (Lipinski definition) is 1. The highest BCUT2D eigenvalue weighted by Gasteiger charge is 2.33. The lowest BCUT2D eigenvalue weighted by Crippen LogP contribution is -2.60. The maximum Gasteiger partial charge on any atom is 0.0240 e. The predicted molar refractivity (Wildman–Crippen MR) is 82.1 cm³/mol. The van der Waals surface area contributed by atoms with Gasteiger partial charge in [-0.1, -0.05) is 26.2 Å². The zero-order valence-corrected chi connectivity index (χ0v) is 12.7. The minimum Gasteiger partial charge on any atom is -0.311 e. The second-order valence-corrected chi connectivity index (χ2v) is 6.43. The maximum absolute atomic E-state index is 5.51. The second-order valence-electron chi connectivity index (χ2n) is 6.43. The van der Waals surface area contributed by atoms with E-state index < -0.39 is 0 Å². The fourth-order valence-electron chi connectivity index (χ4n) is 3.90. The summed E-state index contributed by atoms with van der Waals surface area (Å²) in [5, 5.41) is 3.82. The van der Waals surface area contributed by atoms with Gasteiger partial charge in [-0.05, 0) is 32.1 Å². The summed E-state index contributed by atoms with van der Waals surface area (Å²) in [5.41, 5.74) is 0. The average molecular weight is 262 g/mol. The molecule has 0 spiro atoms. The lowest BCUT2D eigenvalue weighted by Gasteiger charge is -2.46. The Morgan fingerprint density at radius 2 is 2.05 bits per heavy atom. The van der Waals surface area contributed by atoms with E-state index in [1.165, 1.54) is 45.1 Å². The molecule has 2 fully saturated rings. The molecule has 0 bridgehead atoms. The molecular formula is C17H30N2. The molecule has 108 valence electrons. The lowest BCUT2D eigenvalue weighted by atomic mass is 9.82. The van der Waals surface area contributed by atoms with Gasteiger partial charge in [0.2, 0.25) is 0 Å². The minimum absolute atomic E-state index is 0.531. The van der Waals surface area contributed by atoms with Crippen LogP contribution >= 0.6 is 0 Å². The van der Waals surface area contributed by atoms with Crippen molar-refractivity contribution >= 4 is 0 Å². The third-order valence-corrected chi connectivity index (χ3v) is 5.16. The highest BCUT2D eigenvalue weighted by molar-refractivity contribution is 4.96. The molecule has 1 N–H and O–H groups in total. The molecule has 2 heteroatoms. The van der Waals surface area contributed by atoms with Gasteiger partial charge in [-0.25, -0.2) is 0 Å². The molecule has 0 aromatic heterocycles. The first kappa shape index (κ1) is 14.9. The van der Waals surface area contributed by atoms with Crippen molar-refractivity contribution in [1.29, 1.82) is 0 Å². The van der Waals surface area contributed by atoms with Crippen LogP contribution in [-0.4, -0.2) is 36.1 Å². The molecule has 1 saturated carbocycles. The Morgan fingerprint density at radius 1 is 1.32 bits per heavy atom. The van der Waals surface area contributed by atoms with Crippen LogP contribution in [0, 0.1) is 18.3 Å². The van der Waals surface area contributed by atoms with Crippen molar-refractivity contribution in [1.82, 2.24) is 10.2 Å². The predicted octanol–water partition coefficient (Wildman–Crippen LogP) is 3.03. The molecule has 0 aromatic carbocycles. The Hall–Kier alpha value is -0.520. The van der Waals surface area contributed by atoms with Crippen molar-refractivity contribution in [3.63, 3.8) is 0 Å². The van der Waals surface area contributed by atoms with E-state index in [-0.39, 0.29) is 0 Å². The van der Waals surface area contributed by atoms with Gasteiger partial charge in [0.05, 0.1) is 0 Å². The molecule has 0 aromatic rings. The molecule has 2 aliphatic rings. The van der Waals surface area contributed by atoms with E-state index in [1.807, 2.05) is 0 Å². The van der Waals surface area contributed by atoms with E-state index in [4.69, 9.17) is 6.42 Å². The Morgan fingerprint density at radius 3 is 2.68 bits per heavy atom. The van der Waals surface area contributed by atoms with Gasteiger partial charge in [-0.2, -0.15) is 0 Å². The lowest BCUT2D eigenvalue weighted by molar-refractivity contribution is 0.0636. The average Bonchev–Trinajstić information content (AvgIpc) is 2.47. The summed E-state index contributed by atoms with van der Waals surface area (Å²) >= 11 is 0. The summed E-state index contributed by atoms with van der Waals surface area (Å²) in [6.07, 6.45) is 14.8. The number of hydrogen-bond acceptors (Lipinski definition) is 2. The molecule has 1 aliphatic heterocycles. The molecule has 0 amide bonds. The van der Waals surface area contributed by atoms with Crippen LogP contribution in [0.25, 0.3) is 0 Å². The SMILES string of the molecule is C#CCC(C)N1CC(C2CCCCC2)NCC1CC. The van der Waals surface area contributed by atoms with Crippen molar-refractivity contribution in [2.75, 3.05) is 13.1 Å². The summed E-state index contributed by atoms with van der Waals surface area (Å²) < 4.78 is 0. The molecule has 3 atom stereocenters. The van der Waals surface area contributed by atoms with Crippen molar-refractivity contribution in [3.05, 3.63) is 0 Å². The summed E-state index contributed by atoms with van der Waals surface area (Å²) in [6.45, 7) is 6.94. The Balaban J connectivity index is 1.96. The first-order valence-electron chi connectivity index (χ1n) is 8.18. The van der Waals surface area contributed by atoms with Crippen LogP contribution in [0.3, 0.4) is 0 Å². The zero-order chi connectivity index (χ0) is 13.7. The van der Waals surface area contributed by atoms with Crippen LogP contribution in [0.1, 0.15) is 58.8 Å². The largest absolute Gasteiger partial charge is 0.311 e. The number of nitrogens with zero attached hydrogens (tertiary/aromatic N) is 1. The van der Waals surface area contributed by atoms with E-state index in [0.29, 0.717) is 18.1 Å². The van der Waals surface area contributed by atoms with Crippen LogP contribution in [0.5, 0.6) is 0 Å². The Bertz CT molecular complexity index is 301. The van der Waals surface area contributed by atoms with Gasteiger partial charge in [0, 0.05) is 37.6 Å². The van der Waals surface area contributed by atoms with Gasteiger partial charge >= 0.3 is 0 Å². The van der Waals surface area contributed by atoms with Crippen LogP contribution in [-0.2, 0) is 0 Å². The third kappa shape index (κ3) is 3.74. The van der Waals surface area contributed by atoms with E-state index >= 15 is 0 Å². The van der Waals surface area contributed by atoms with Gasteiger partial charge in [-0.3, -0.25) is 4.90 Å². The molecule has 3 unspecified atom stereocenters. The summed E-state index contributed by atoms with van der Waals surface area (Å²) in [7, 11) is 0. The van der Waals surface area contributed by atoms with Crippen LogP contribution in [0.2, 0.25) is 0 Å². The minimum atomic E-state index is 0.531. The summed E-state index contributed by atoms with van der Waals surface area (Å²) in [5.74, 6) is 3.74. The zero-order valence-electron chi connectivity index (χ0n) is 12.7. The van der Waals surface area contributed by atoms with Gasteiger partial charge in [0.1, 0.15) is 0 Å². The highest BCUT2D eigenvalue weighted by atomic mass is 15.3. The van der Waals surface area contributed by atoms with E-state index in [0.717, 1.165) is 18.9 Å². The van der Waals surface area contributed by atoms with E-state index in [9.17, 15) is 0 Å². The molecule has 1 aliphatic carbocycles. The molecular weight excluding hydrogens is 232 g/mol. The maximum atomic E-state index is 5.51. The van der Waals surface area contributed by atoms with Crippen molar-refractivity contribution in [2.24, 2.45) is 5.92 Å². The number of rotatable bonds is 4. The first-order chi connectivity index (χ1) is 9.26. The summed E-state index contributed by atoms with van der Waals surface area (Å²) in [6, 6.07) is 1.90. The normalized spacial score (nSPS) is 31.8. The van der Waals surface area contributed by atoms with Gasteiger partial charge in [0.25, 0.3) is 0 Å². The molecule has 0 radical (unpaired) electrons. The van der Waals surface area contributed by atoms with Crippen LogP contribution in [0.15, 0.2) is 0 Å². The Kier molecular flexibility index (Phi) is 5.73.